The van der Waals surface area contributed by atoms with Gasteiger partial charge in [0.1, 0.15) is 5.82 Å². The van der Waals surface area contributed by atoms with Gasteiger partial charge >= 0.3 is 0 Å². The Balaban J connectivity index is 2.07. The Labute approximate surface area is 117 Å². The predicted octanol–water partition coefficient (Wildman–Crippen LogP) is 3.53. The first kappa shape index (κ1) is 13.6. The van der Waals surface area contributed by atoms with Gasteiger partial charge in [-0.3, -0.25) is 4.79 Å². The molecule has 0 fully saturated rings. The lowest BCUT2D eigenvalue weighted by Crippen LogP contribution is -2.15. The molecule has 1 heterocycles. The van der Waals surface area contributed by atoms with Gasteiger partial charge in [-0.1, -0.05) is 35.4 Å². The van der Waals surface area contributed by atoms with E-state index in [2.05, 4.69) is 10.3 Å². The zero-order chi connectivity index (χ0) is 13.8. The fourth-order valence-corrected chi connectivity index (χ4v) is 1.98. The molecule has 0 spiro atoms. The number of hydrogen-bond acceptors (Lipinski definition) is 2. The molecule has 0 bridgehead atoms. The second-order valence-electron chi connectivity index (χ2n) is 4.51. The van der Waals surface area contributed by atoms with Crippen LogP contribution in [0.1, 0.15) is 16.7 Å². The Morgan fingerprint density at radius 3 is 2.79 bits per heavy atom. The predicted molar refractivity (Wildman–Crippen MR) is 77.5 cm³/mol. The molecule has 3 nitrogen and oxygen atoms in total. The number of rotatable bonds is 3. The third-order valence-corrected chi connectivity index (χ3v) is 3.08. The zero-order valence-electron chi connectivity index (χ0n) is 10.9. The highest BCUT2D eigenvalue weighted by Gasteiger charge is 2.07. The van der Waals surface area contributed by atoms with Crippen molar-refractivity contribution in [2.75, 3.05) is 5.32 Å². The Hall–Kier alpha value is -1.87. The fraction of sp³-hybridized carbons (Fsp3) is 0.200. The summed E-state index contributed by atoms with van der Waals surface area (Å²) in [4.78, 5) is 16.0. The Morgan fingerprint density at radius 1 is 1.26 bits per heavy atom. The summed E-state index contributed by atoms with van der Waals surface area (Å²) in [6.45, 7) is 4.01. The van der Waals surface area contributed by atoms with Crippen LogP contribution in [0, 0.1) is 13.8 Å². The zero-order valence-corrected chi connectivity index (χ0v) is 11.7. The van der Waals surface area contributed by atoms with Crippen LogP contribution in [0.4, 0.5) is 5.82 Å². The van der Waals surface area contributed by atoms with Gasteiger partial charge in [-0.05, 0) is 37.1 Å². The molecule has 0 saturated carbocycles. The second-order valence-corrected chi connectivity index (χ2v) is 4.95. The van der Waals surface area contributed by atoms with Crippen molar-refractivity contribution < 1.29 is 4.79 Å². The summed E-state index contributed by atoms with van der Waals surface area (Å²) in [7, 11) is 0. The van der Waals surface area contributed by atoms with Crippen molar-refractivity contribution in [3.8, 4) is 0 Å². The highest BCUT2D eigenvalue weighted by molar-refractivity contribution is 6.30. The molecule has 0 saturated heterocycles. The number of nitrogens with one attached hydrogen (secondary N) is 1. The van der Waals surface area contributed by atoms with Crippen molar-refractivity contribution in [2.45, 2.75) is 20.3 Å². The molecule has 0 unspecified atom stereocenters. The van der Waals surface area contributed by atoms with E-state index in [1.165, 1.54) is 0 Å². The summed E-state index contributed by atoms with van der Waals surface area (Å²) in [6, 6.07) is 9.38. The number of aromatic nitrogens is 1. The van der Waals surface area contributed by atoms with E-state index in [1.807, 2.05) is 32.0 Å². The number of hydrogen-bond donors (Lipinski definition) is 1. The molecule has 1 N–H and O–H groups in total. The number of aryl methyl sites for hydroxylation is 2. The molecule has 4 heteroatoms. The molecule has 2 rings (SSSR count). The summed E-state index contributed by atoms with van der Waals surface area (Å²) in [5, 5.41) is 3.30. The van der Waals surface area contributed by atoms with Crippen LogP contribution < -0.4 is 5.32 Å². The third-order valence-electron chi connectivity index (χ3n) is 2.85. The van der Waals surface area contributed by atoms with Gasteiger partial charge in [-0.15, -0.1) is 0 Å². The molecule has 0 radical (unpaired) electrons. The molecular weight excluding hydrogens is 260 g/mol. The van der Waals surface area contributed by atoms with E-state index in [1.54, 1.807) is 18.3 Å². The van der Waals surface area contributed by atoms with Crippen molar-refractivity contribution in [1.29, 1.82) is 0 Å². The van der Waals surface area contributed by atoms with Crippen LogP contribution >= 0.6 is 11.6 Å². The first-order chi connectivity index (χ1) is 9.04. The normalized spacial score (nSPS) is 10.3. The average molecular weight is 275 g/mol. The van der Waals surface area contributed by atoms with E-state index in [-0.39, 0.29) is 5.91 Å². The second kappa shape index (κ2) is 5.85. The average Bonchev–Trinajstić information content (AvgIpc) is 2.34. The van der Waals surface area contributed by atoms with Crippen molar-refractivity contribution in [3.05, 3.63) is 58.2 Å². The molecule has 19 heavy (non-hydrogen) atoms. The van der Waals surface area contributed by atoms with Crippen LogP contribution in [0.25, 0.3) is 0 Å². The van der Waals surface area contributed by atoms with Crippen molar-refractivity contribution in [2.24, 2.45) is 0 Å². The van der Waals surface area contributed by atoms with Gasteiger partial charge in [-0.2, -0.15) is 0 Å². The van der Waals surface area contributed by atoms with Crippen molar-refractivity contribution in [3.63, 3.8) is 0 Å². The monoisotopic (exact) mass is 274 g/mol. The number of anilines is 1. The van der Waals surface area contributed by atoms with Crippen LogP contribution in [0.2, 0.25) is 5.02 Å². The van der Waals surface area contributed by atoms with Crippen molar-refractivity contribution >= 4 is 23.3 Å². The largest absolute Gasteiger partial charge is 0.310 e. The minimum Gasteiger partial charge on any atom is -0.310 e. The quantitative estimate of drug-likeness (QED) is 0.930. The lowest BCUT2D eigenvalue weighted by molar-refractivity contribution is -0.115. The van der Waals surface area contributed by atoms with Crippen LogP contribution in [-0.4, -0.2) is 10.9 Å². The molecule has 98 valence electrons. The van der Waals surface area contributed by atoms with Crippen LogP contribution in [-0.2, 0) is 11.2 Å². The number of carbonyl (C=O) groups is 1. The maximum absolute atomic E-state index is 12.0. The molecule has 0 aliphatic rings. The molecule has 1 aromatic heterocycles. The number of benzene rings is 1. The summed E-state index contributed by atoms with van der Waals surface area (Å²) in [6.07, 6.45) is 1.90. The van der Waals surface area contributed by atoms with Crippen LogP contribution in [0.3, 0.4) is 0 Å². The SMILES string of the molecule is Cc1ccc(C)c(CC(=O)Nc2cc(Cl)ccn2)c1. The topological polar surface area (TPSA) is 42.0 Å². The standard InChI is InChI=1S/C15H15ClN2O/c1-10-3-4-11(2)12(7-10)8-15(19)18-14-9-13(16)5-6-17-14/h3-7,9H,8H2,1-2H3,(H,17,18,19). The van der Waals surface area contributed by atoms with Crippen LogP contribution in [0.15, 0.2) is 36.5 Å². The number of carbonyl (C=O) groups excluding carboxylic acids is 1. The van der Waals surface area contributed by atoms with E-state index in [9.17, 15) is 4.79 Å². The van der Waals surface area contributed by atoms with Crippen molar-refractivity contribution in [1.82, 2.24) is 4.98 Å². The lowest BCUT2D eigenvalue weighted by atomic mass is 10.0. The number of amides is 1. The van der Waals surface area contributed by atoms with E-state index in [4.69, 9.17) is 11.6 Å². The number of pyridine rings is 1. The third kappa shape index (κ3) is 3.80. The fourth-order valence-electron chi connectivity index (χ4n) is 1.82. The van der Waals surface area contributed by atoms with Gasteiger partial charge in [-0.25, -0.2) is 4.98 Å². The highest BCUT2D eigenvalue weighted by atomic mass is 35.5. The summed E-state index contributed by atoms with van der Waals surface area (Å²) in [5.41, 5.74) is 3.29. The molecule has 1 aromatic carbocycles. The summed E-state index contributed by atoms with van der Waals surface area (Å²) < 4.78 is 0. The lowest BCUT2D eigenvalue weighted by Gasteiger charge is -2.08. The molecule has 1 amide bonds. The van der Waals surface area contributed by atoms with Gasteiger partial charge in [0.2, 0.25) is 5.91 Å². The summed E-state index contributed by atoms with van der Waals surface area (Å²) >= 11 is 5.84. The maximum atomic E-state index is 12.0. The van der Waals surface area contributed by atoms with Gasteiger partial charge in [0.15, 0.2) is 0 Å². The first-order valence-corrected chi connectivity index (χ1v) is 6.40. The first-order valence-electron chi connectivity index (χ1n) is 6.02. The number of nitrogens with zero attached hydrogens (tertiary/aromatic N) is 1. The van der Waals surface area contributed by atoms with Crippen LogP contribution in [0.5, 0.6) is 0 Å². The van der Waals surface area contributed by atoms with E-state index in [0.717, 1.165) is 16.7 Å². The van der Waals surface area contributed by atoms with E-state index >= 15 is 0 Å². The molecule has 0 aliphatic carbocycles. The minimum atomic E-state index is -0.0940. The Morgan fingerprint density at radius 2 is 2.05 bits per heavy atom. The molecule has 0 aliphatic heterocycles. The maximum Gasteiger partial charge on any atom is 0.229 e. The smallest absolute Gasteiger partial charge is 0.229 e. The van der Waals surface area contributed by atoms with Gasteiger partial charge < -0.3 is 5.32 Å². The van der Waals surface area contributed by atoms with Gasteiger partial charge in [0.05, 0.1) is 6.42 Å². The van der Waals surface area contributed by atoms with E-state index < -0.39 is 0 Å². The summed E-state index contributed by atoms with van der Waals surface area (Å²) in [5.74, 6) is 0.381. The Kier molecular flexibility index (Phi) is 4.17. The Bertz CT molecular complexity index is 611. The molecule has 0 atom stereocenters. The minimum absolute atomic E-state index is 0.0940. The molecule has 2 aromatic rings. The highest BCUT2D eigenvalue weighted by Crippen LogP contribution is 2.14. The van der Waals surface area contributed by atoms with Gasteiger partial charge in [0.25, 0.3) is 0 Å². The van der Waals surface area contributed by atoms with E-state index in [0.29, 0.717) is 17.3 Å². The number of halogens is 1. The molecular formula is C15H15ClN2O. The van der Waals surface area contributed by atoms with Gasteiger partial charge in [0, 0.05) is 11.2 Å².